The molecule has 184 valence electrons. The van der Waals surface area contributed by atoms with E-state index in [2.05, 4.69) is 45.6 Å². The van der Waals surface area contributed by atoms with Crippen molar-refractivity contribution in [2.75, 3.05) is 18.5 Å². The molecule has 0 aromatic heterocycles. The zero-order valence-electron chi connectivity index (χ0n) is 19.9. The van der Waals surface area contributed by atoms with E-state index in [1.165, 1.54) is 18.4 Å². The molecule has 7 heteroatoms. The Morgan fingerprint density at radius 2 is 1.74 bits per heavy atom. The van der Waals surface area contributed by atoms with Crippen LogP contribution in [0.1, 0.15) is 48.5 Å². The average Bonchev–Trinajstić information content (AvgIpc) is 2.85. The average molecular weight is 556 g/mol. The predicted octanol–water partition coefficient (Wildman–Crippen LogP) is 7.16. The number of rotatable bonds is 12. The largest absolute Gasteiger partial charge is 0.493 e. The van der Waals surface area contributed by atoms with Crippen molar-refractivity contribution in [2.45, 2.75) is 39.0 Å². The number of carbonyl (C=O) groups is 1. The van der Waals surface area contributed by atoms with Crippen LogP contribution in [-0.2, 0) is 6.42 Å². The lowest BCUT2D eigenvalue weighted by molar-refractivity contribution is 0.0973. The number of thiocarbonyl (C=S) groups is 1. The Balaban J connectivity index is 1.53. The Labute approximate surface area is 221 Å². The van der Waals surface area contributed by atoms with Crippen LogP contribution in [0.25, 0.3) is 0 Å². The number of carbonyl (C=O) groups excluding carboxylic acids is 1. The van der Waals surface area contributed by atoms with Crippen molar-refractivity contribution in [2.24, 2.45) is 0 Å². The van der Waals surface area contributed by atoms with Gasteiger partial charge in [0.2, 0.25) is 0 Å². The Morgan fingerprint density at radius 1 is 0.914 bits per heavy atom. The van der Waals surface area contributed by atoms with Crippen LogP contribution >= 0.6 is 28.1 Å². The molecule has 5 nitrogen and oxygen atoms in total. The first-order valence-electron chi connectivity index (χ1n) is 11.9. The highest BCUT2D eigenvalue weighted by Gasteiger charge is 2.15. The van der Waals surface area contributed by atoms with Gasteiger partial charge in [-0.3, -0.25) is 10.1 Å². The molecule has 0 radical (unpaired) electrons. The van der Waals surface area contributed by atoms with E-state index in [-0.39, 0.29) is 11.0 Å². The van der Waals surface area contributed by atoms with E-state index < -0.39 is 0 Å². The first-order valence-corrected chi connectivity index (χ1v) is 13.1. The van der Waals surface area contributed by atoms with Crippen molar-refractivity contribution >= 4 is 44.9 Å². The van der Waals surface area contributed by atoms with E-state index in [0.717, 1.165) is 35.2 Å². The fourth-order valence-corrected chi connectivity index (χ4v) is 4.02. The van der Waals surface area contributed by atoms with Crippen molar-refractivity contribution in [1.82, 2.24) is 5.32 Å². The summed E-state index contributed by atoms with van der Waals surface area (Å²) in [7, 11) is 0. The van der Waals surface area contributed by atoms with Gasteiger partial charge in [-0.1, -0.05) is 78.5 Å². The summed E-state index contributed by atoms with van der Waals surface area (Å²) in [5.74, 6) is 0.937. The van der Waals surface area contributed by atoms with E-state index in [9.17, 15) is 4.79 Å². The predicted molar refractivity (Wildman–Crippen MR) is 150 cm³/mol. The van der Waals surface area contributed by atoms with Gasteiger partial charge in [-0.15, -0.1) is 0 Å². The van der Waals surface area contributed by atoms with Crippen LogP contribution in [0.3, 0.4) is 0 Å². The smallest absolute Gasteiger partial charge is 0.261 e. The second kappa shape index (κ2) is 14.5. The molecule has 3 rings (SSSR count). The lowest BCUT2D eigenvalue weighted by Gasteiger charge is -2.14. The molecule has 0 unspecified atom stereocenters. The molecule has 0 aliphatic heterocycles. The monoisotopic (exact) mass is 554 g/mol. The summed E-state index contributed by atoms with van der Waals surface area (Å²) >= 11 is 8.81. The first kappa shape index (κ1) is 26.7. The molecular formula is C28H31BrN2O3S. The Bertz CT molecular complexity index is 1110. The quantitative estimate of drug-likeness (QED) is 0.184. The molecular weight excluding hydrogens is 524 g/mol. The van der Waals surface area contributed by atoms with Gasteiger partial charge in [-0.2, -0.15) is 0 Å². The van der Waals surface area contributed by atoms with Crippen LogP contribution in [0, 0.1) is 0 Å². The fourth-order valence-electron chi connectivity index (χ4n) is 3.44. The number of ether oxygens (including phenoxy) is 2. The molecule has 0 aliphatic carbocycles. The summed E-state index contributed by atoms with van der Waals surface area (Å²) in [4.78, 5) is 12.9. The van der Waals surface area contributed by atoms with Crippen molar-refractivity contribution in [1.29, 1.82) is 0 Å². The fraction of sp³-hybridized carbons (Fsp3) is 0.286. The van der Waals surface area contributed by atoms with Crippen molar-refractivity contribution in [3.63, 3.8) is 0 Å². The topological polar surface area (TPSA) is 59.6 Å². The maximum absolute atomic E-state index is 12.9. The molecule has 3 aromatic rings. The Hall–Kier alpha value is -2.90. The van der Waals surface area contributed by atoms with E-state index in [1.54, 1.807) is 12.1 Å². The number of unbranched alkanes of at least 4 members (excludes halogenated alkanes) is 3. The molecule has 0 spiro atoms. The summed E-state index contributed by atoms with van der Waals surface area (Å²) < 4.78 is 12.6. The lowest BCUT2D eigenvalue weighted by Crippen LogP contribution is -2.34. The maximum atomic E-state index is 12.9. The van der Waals surface area contributed by atoms with Crippen molar-refractivity contribution in [3.05, 3.63) is 88.4 Å². The highest BCUT2D eigenvalue weighted by Crippen LogP contribution is 2.24. The third-order valence-corrected chi connectivity index (χ3v) is 5.96. The molecule has 0 fully saturated rings. The molecule has 0 heterocycles. The Kier molecular flexibility index (Phi) is 11.1. The minimum atomic E-state index is -0.331. The number of anilines is 1. The standard InChI is InChI=1S/C28H31BrN2O3S/c1-2-3-4-8-17-34-26-15-14-22(29)19-25(26)27(32)31-28(35)30-23-12-9-13-24(20-23)33-18-16-21-10-6-5-7-11-21/h5-7,9-15,19-20H,2-4,8,16-18H2,1H3,(H2,30,31,32,35). The third kappa shape index (κ3) is 9.34. The summed E-state index contributed by atoms with van der Waals surface area (Å²) in [5, 5.41) is 6.00. The van der Waals surface area contributed by atoms with Gasteiger partial charge < -0.3 is 14.8 Å². The van der Waals surface area contributed by atoms with Crippen molar-refractivity contribution < 1.29 is 14.3 Å². The van der Waals surface area contributed by atoms with Gasteiger partial charge in [0.1, 0.15) is 11.5 Å². The van der Waals surface area contributed by atoms with Gasteiger partial charge in [0.15, 0.2) is 5.11 Å². The van der Waals surface area contributed by atoms with Crippen LogP contribution in [0.2, 0.25) is 0 Å². The minimum absolute atomic E-state index is 0.199. The molecule has 0 atom stereocenters. The number of amides is 1. The van der Waals surface area contributed by atoms with Crippen molar-refractivity contribution in [3.8, 4) is 11.5 Å². The van der Waals surface area contributed by atoms with E-state index in [0.29, 0.717) is 24.5 Å². The molecule has 0 saturated carbocycles. The van der Waals surface area contributed by atoms with Gasteiger partial charge in [-0.25, -0.2) is 0 Å². The summed E-state index contributed by atoms with van der Waals surface area (Å²) in [6, 6.07) is 23.1. The van der Waals surface area contributed by atoms with E-state index >= 15 is 0 Å². The van der Waals surface area contributed by atoms with Crippen LogP contribution in [0.4, 0.5) is 5.69 Å². The minimum Gasteiger partial charge on any atom is -0.493 e. The summed E-state index contributed by atoms with van der Waals surface area (Å²) in [6.07, 6.45) is 5.23. The number of nitrogens with one attached hydrogen (secondary N) is 2. The second-order valence-corrected chi connectivity index (χ2v) is 9.39. The maximum Gasteiger partial charge on any atom is 0.261 e. The summed E-state index contributed by atoms with van der Waals surface area (Å²) in [6.45, 7) is 3.31. The van der Waals surface area contributed by atoms with Gasteiger partial charge >= 0.3 is 0 Å². The normalized spacial score (nSPS) is 10.5. The molecule has 3 aromatic carbocycles. The molecule has 1 amide bonds. The van der Waals surface area contributed by atoms with Crippen LogP contribution in [0.15, 0.2) is 77.3 Å². The molecule has 35 heavy (non-hydrogen) atoms. The highest BCUT2D eigenvalue weighted by atomic mass is 79.9. The van der Waals surface area contributed by atoms with Gasteiger partial charge in [0, 0.05) is 22.6 Å². The highest BCUT2D eigenvalue weighted by molar-refractivity contribution is 9.10. The van der Waals surface area contributed by atoms with E-state index in [4.69, 9.17) is 21.7 Å². The van der Waals surface area contributed by atoms with E-state index in [1.807, 2.05) is 48.5 Å². The number of halogens is 1. The van der Waals surface area contributed by atoms with Crippen LogP contribution in [-0.4, -0.2) is 24.2 Å². The first-order chi connectivity index (χ1) is 17.0. The lowest BCUT2D eigenvalue weighted by atomic mass is 10.2. The number of hydrogen-bond donors (Lipinski definition) is 2. The zero-order valence-corrected chi connectivity index (χ0v) is 22.3. The molecule has 0 aliphatic rings. The van der Waals surface area contributed by atoms with Gasteiger partial charge in [-0.05, 0) is 54.5 Å². The molecule has 0 bridgehead atoms. The van der Waals surface area contributed by atoms with Gasteiger partial charge in [0.05, 0.1) is 18.8 Å². The SMILES string of the molecule is CCCCCCOc1ccc(Br)cc1C(=O)NC(=S)Nc1cccc(OCCc2ccccc2)c1. The number of benzene rings is 3. The van der Waals surface area contributed by atoms with Crippen LogP contribution in [0.5, 0.6) is 11.5 Å². The van der Waals surface area contributed by atoms with Crippen LogP contribution < -0.4 is 20.1 Å². The number of hydrogen-bond acceptors (Lipinski definition) is 4. The summed E-state index contributed by atoms with van der Waals surface area (Å²) in [5.41, 5.74) is 2.38. The Morgan fingerprint density at radius 3 is 2.54 bits per heavy atom. The molecule has 0 saturated heterocycles. The second-order valence-electron chi connectivity index (χ2n) is 8.07. The third-order valence-electron chi connectivity index (χ3n) is 5.26. The van der Waals surface area contributed by atoms with Gasteiger partial charge in [0.25, 0.3) is 5.91 Å². The molecule has 2 N–H and O–H groups in total. The zero-order chi connectivity index (χ0) is 24.9.